The molecular formula is C24H14ClF5N2. The van der Waals surface area contributed by atoms with Gasteiger partial charge in [-0.15, -0.1) is 11.6 Å². The summed E-state index contributed by atoms with van der Waals surface area (Å²) in [6, 6.07) is 12.9. The first kappa shape index (κ1) is 20.6. The summed E-state index contributed by atoms with van der Waals surface area (Å²) < 4.78 is 66.9. The minimum absolute atomic E-state index is 0.377. The van der Waals surface area contributed by atoms with E-state index in [1.54, 1.807) is 24.5 Å². The van der Waals surface area contributed by atoms with Gasteiger partial charge in [-0.3, -0.25) is 0 Å². The molecular weight excluding hydrogens is 447 g/mol. The molecule has 2 heterocycles. The van der Waals surface area contributed by atoms with Crippen LogP contribution in [0.25, 0.3) is 21.8 Å². The normalized spacial score (nSPS) is 12.7. The van der Waals surface area contributed by atoms with Gasteiger partial charge in [0.15, 0.2) is 0 Å². The fourth-order valence-corrected chi connectivity index (χ4v) is 4.55. The Morgan fingerprint density at radius 3 is 1.50 bits per heavy atom. The summed E-state index contributed by atoms with van der Waals surface area (Å²) in [4.78, 5) is 4.52. The summed E-state index contributed by atoms with van der Waals surface area (Å²) in [5, 5.41) is 1.22. The Kier molecular flexibility index (Phi) is 4.57. The highest BCUT2D eigenvalue weighted by atomic mass is 35.5. The molecule has 2 nitrogen and oxygen atoms in total. The number of benzene rings is 3. The number of rotatable bonds is 3. The maximum absolute atomic E-state index is 13.7. The molecule has 0 aliphatic rings. The van der Waals surface area contributed by atoms with Crippen LogP contribution in [-0.2, 0) is 11.1 Å². The molecule has 3 aromatic carbocycles. The van der Waals surface area contributed by atoms with Gasteiger partial charge < -0.3 is 9.97 Å². The zero-order chi connectivity index (χ0) is 22.7. The molecule has 162 valence electrons. The highest BCUT2D eigenvalue weighted by molar-refractivity contribution is 6.30. The van der Waals surface area contributed by atoms with E-state index in [1.807, 2.05) is 0 Å². The average molecular weight is 461 g/mol. The van der Waals surface area contributed by atoms with Crippen LogP contribution < -0.4 is 0 Å². The number of hydrogen-bond acceptors (Lipinski definition) is 0. The monoisotopic (exact) mass is 460 g/mol. The molecule has 0 saturated heterocycles. The summed E-state index contributed by atoms with van der Waals surface area (Å²) in [5.41, 5.74) is 1.61. The van der Waals surface area contributed by atoms with Crippen LogP contribution in [0.15, 0.2) is 73.1 Å². The molecule has 2 N–H and O–H groups in total. The Bertz CT molecular complexity index is 1370. The largest absolute Gasteiger partial charge is 0.416 e. The molecule has 0 unspecified atom stereocenters. The maximum atomic E-state index is 13.7. The second-order valence-corrected chi connectivity index (χ2v) is 8.09. The van der Waals surface area contributed by atoms with E-state index in [4.69, 9.17) is 11.6 Å². The molecule has 0 bridgehead atoms. The first-order valence-electron chi connectivity index (χ1n) is 9.59. The molecule has 0 radical (unpaired) electrons. The van der Waals surface area contributed by atoms with Gasteiger partial charge in [0.05, 0.1) is 5.56 Å². The van der Waals surface area contributed by atoms with E-state index in [1.165, 1.54) is 36.4 Å². The predicted molar refractivity (Wildman–Crippen MR) is 114 cm³/mol. The summed E-state index contributed by atoms with van der Waals surface area (Å²) in [7, 11) is 0. The lowest BCUT2D eigenvalue weighted by atomic mass is 9.83. The van der Waals surface area contributed by atoms with Gasteiger partial charge in [-0.25, -0.2) is 8.78 Å². The maximum Gasteiger partial charge on any atom is 0.416 e. The Morgan fingerprint density at radius 2 is 1.06 bits per heavy atom. The lowest BCUT2D eigenvalue weighted by Crippen LogP contribution is -2.22. The van der Waals surface area contributed by atoms with Crippen molar-refractivity contribution in [3.05, 3.63) is 107 Å². The molecule has 0 amide bonds. The van der Waals surface area contributed by atoms with Crippen molar-refractivity contribution in [2.24, 2.45) is 0 Å². The second-order valence-electron chi connectivity index (χ2n) is 7.52. The van der Waals surface area contributed by atoms with E-state index in [0.717, 1.165) is 12.1 Å². The van der Waals surface area contributed by atoms with Crippen molar-refractivity contribution < 1.29 is 22.0 Å². The van der Waals surface area contributed by atoms with Gasteiger partial charge in [-0.2, -0.15) is 13.2 Å². The number of alkyl halides is 4. The zero-order valence-electron chi connectivity index (χ0n) is 16.2. The topological polar surface area (TPSA) is 31.6 Å². The van der Waals surface area contributed by atoms with Crippen molar-refractivity contribution in [1.82, 2.24) is 9.97 Å². The third-order valence-corrected chi connectivity index (χ3v) is 6.27. The molecule has 5 aromatic rings. The van der Waals surface area contributed by atoms with Gasteiger partial charge in [-0.1, -0.05) is 12.1 Å². The van der Waals surface area contributed by atoms with E-state index in [0.29, 0.717) is 38.5 Å². The van der Waals surface area contributed by atoms with Crippen molar-refractivity contribution in [1.29, 1.82) is 0 Å². The van der Waals surface area contributed by atoms with Crippen LogP contribution in [0.3, 0.4) is 0 Å². The van der Waals surface area contributed by atoms with E-state index in [9.17, 15) is 22.0 Å². The van der Waals surface area contributed by atoms with Crippen molar-refractivity contribution >= 4 is 33.4 Å². The molecule has 0 aliphatic carbocycles. The minimum Gasteiger partial charge on any atom is -0.361 e. The van der Waals surface area contributed by atoms with Crippen LogP contribution in [0.5, 0.6) is 0 Å². The molecule has 0 aliphatic heterocycles. The van der Waals surface area contributed by atoms with E-state index in [2.05, 4.69) is 9.97 Å². The van der Waals surface area contributed by atoms with Crippen molar-refractivity contribution in [2.75, 3.05) is 0 Å². The lowest BCUT2D eigenvalue weighted by Gasteiger charge is -2.28. The van der Waals surface area contributed by atoms with Gasteiger partial charge in [0.1, 0.15) is 16.5 Å². The molecule has 8 heteroatoms. The lowest BCUT2D eigenvalue weighted by molar-refractivity contribution is -0.137. The quantitative estimate of drug-likeness (QED) is 0.207. The Labute approximate surface area is 183 Å². The van der Waals surface area contributed by atoms with Gasteiger partial charge >= 0.3 is 6.18 Å². The molecule has 2 aromatic heterocycles. The van der Waals surface area contributed by atoms with Crippen molar-refractivity contribution in [3.8, 4) is 0 Å². The van der Waals surface area contributed by atoms with Crippen LogP contribution in [0.1, 0.15) is 22.3 Å². The van der Waals surface area contributed by atoms with Crippen LogP contribution in [0.2, 0.25) is 0 Å². The van der Waals surface area contributed by atoms with E-state index in [-0.39, 0.29) is 0 Å². The molecule has 0 spiro atoms. The summed E-state index contributed by atoms with van der Waals surface area (Å²) in [6.45, 7) is 0. The van der Waals surface area contributed by atoms with Crippen LogP contribution in [0, 0.1) is 11.6 Å². The van der Waals surface area contributed by atoms with Gasteiger partial charge in [-0.05, 0) is 54.1 Å². The van der Waals surface area contributed by atoms with Crippen LogP contribution in [-0.4, -0.2) is 9.97 Å². The van der Waals surface area contributed by atoms with Gasteiger partial charge in [0.2, 0.25) is 0 Å². The first-order valence-corrected chi connectivity index (χ1v) is 9.96. The van der Waals surface area contributed by atoms with E-state index >= 15 is 0 Å². The highest BCUT2D eigenvalue weighted by Gasteiger charge is 2.39. The summed E-state index contributed by atoms with van der Waals surface area (Å²) in [5.74, 6) is -0.883. The minimum atomic E-state index is -4.50. The number of fused-ring (bicyclic) bond motifs is 2. The average Bonchev–Trinajstić information content (AvgIpc) is 3.36. The molecule has 32 heavy (non-hydrogen) atoms. The van der Waals surface area contributed by atoms with E-state index < -0.39 is 28.2 Å². The van der Waals surface area contributed by atoms with Crippen LogP contribution in [0.4, 0.5) is 22.0 Å². The number of hydrogen-bond donors (Lipinski definition) is 2. The SMILES string of the molecule is Fc1ccc2c(C(Cl)(c3ccc(C(F)(F)F)cc3)c3c[nH]c4cc(F)ccc34)c[nH]c2c1. The zero-order valence-corrected chi connectivity index (χ0v) is 17.0. The molecule has 5 rings (SSSR count). The third-order valence-electron chi connectivity index (χ3n) is 5.64. The number of H-pyrrole nitrogens is 2. The Morgan fingerprint density at radius 1 is 0.625 bits per heavy atom. The Hall–Kier alpha value is -3.32. The molecule has 0 fully saturated rings. The number of halogens is 6. The number of aromatic nitrogens is 2. The fourth-order valence-electron chi connectivity index (χ4n) is 4.11. The van der Waals surface area contributed by atoms with Crippen LogP contribution >= 0.6 is 11.6 Å². The standard InChI is InChI=1S/C24H14ClF5N2/c25-23(13-1-3-14(4-2-13)24(28,29)30,19-11-31-21-9-15(26)5-7-17(19)21)20-12-32-22-10-16(27)6-8-18(20)22/h1-12,31-32H. The smallest absolute Gasteiger partial charge is 0.361 e. The molecule has 0 saturated carbocycles. The number of aromatic amines is 2. The van der Waals surface area contributed by atoms with Crippen molar-refractivity contribution in [3.63, 3.8) is 0 Å². The first-order chi connectivity index (χ1) is 15.2. The summed E-state index contributed by atoms with van der Waals surface area (Å²) in [6.07, 6.45) is -1.28. The van der Waals surface area contributed by atoms with Gasteiger partial charge in [0, 0.05) is 45.3 Å². The van der Waals surface area contributed by atoms with Crippen molar-refractivity contribution in [2.45, 2.75) is 11.1 Å². The summed E-state index contributed by atoms with van der Waals surface area (Å²) >= 11 is 7.29. The van der Waals surface area contributed by atoms with Gasteiger partial charge in [0.25, 0.3) is 0 Å². The Balaban J connectivity index is 1.80. The highest BCUT2D eigenvalue weighted by Crippen LogP contribution is 2.48. The predicted octanol–water partition coefficient (Wildman–Crippen LogP) is 7.48. The second kappa shape index (κ2) is 7.10. The number of nitrogens with one attached hydrogen (secondary N) is 2. The third kappa shape index (κ3) is 3.15. The fraction of sp³-hybridized carbons (Fsp3) is 0.0833. The molecule has 0 atom stereocenters.